The molecule has 0 atom stereocenters. The summed E-state index contributed by atoms with van der Waals surface area (Å²) in [5.41, 5.74) is 3.94. The van der Waals surface area contributed by atoms with Crippen molar-refractivity contribution in [2.75, 3.05) is 24.5 Å². The molecule has 4 rings (SSSR count). The number of nitrogens with zero attached hydrogens (tertiary/aromatic N) is 4. The summed E-state index contributed by atoms with van der Waals surface area (Å²) in [6.07, 6.45) is 4.37. The number of hydrogen-bond acceptors (Lipinski definition) is 5. The number of anilines is 1. The van der Waals surface area contributed by atoms with E-state index in [9.17, 15) is 4.79 Å². The Labute approximate surface area is 147 Å². The third kappa shape index (κ3) is 3.58. The van der Waals surface area contributed by atoms with Gasteiger partial charge in [-0.15, -0.1) is 0 Å². The summed E-state index contributed by atoms with van der Waals surface area (Å²) in [6, 6.07) is 6.13. The smallest absolute Gasteiger partial charge is 0.255 e. The van der Waals surface area contributed by atoms with Crippen LogP contribution in [0.25, 0.3) is 0 Å². The van der Waals surface area contributed by atoms with Gasteiger partial charge in [-0.3, -0.25) is 19.7 Å². The number of fused-ring (bicyclic) bond motifs is 1. The summed E-state index contributed by atoms with van der Waals surface area (Å²) in [4.78, 5) is 29.4. The Morgan fingerprint density at radius 3 is 2.76 bits per heavy atom. The molecule has 6 heteroatoms. The topological polar surface area (TPSA) is 65.1 Å². The van der Waals surface area contributed by atoms with Crippen molar-refractivity contribution in [2.24, 2.45) is 0 Å². The highest BCUT2D eigenvalue weighted by Gasteiger charge is 2.23. The van der Waals surface area contributed by atoms with Gasteiger partial charge in [-0.05, 0) is 44.7 Å². The summed E-state index contributed by atoms with van der Waals surface area (Å²) in [5, 5.41) is 0. The lowest BCUT2D eigenvalue weighted by Crippen LogP contribution is -2.38. The van der Waals surface area contributed by atoms with Crippen LogP contribution in [0.3, 0.4) is 0 Å². The average Bonchev–Trinajstić information content (AvgIpc) is 2.62. The molecule has 1 saturated heterocycles. The molecule has 132 valence electrons. The first kappa shape index (κ1) is 16.3. The molecule has 2 aliphatic heterocycles. The van der Waals surface area contributed by atoms with Crippen LogP contribution in [-0.4, -0.2) is 39.5 Å². The second kappa shape index (κ2) is 6.96. The Morgan fingerprint density at radius 1 is 1.12 bits per heavy atom. The molecule has 1 N–H and O–H groups in total. The second-order valence-corrected chi connectivity index (χ2v) is 7.09. The SMILES string of the molecule is Cc1cccc(CN2CCc3c(nc(N4CCCCC4)[nH]c3=O)C2)n1. The lowest BCUT2D eigenvalue weighted by molar-refractivity contribution is 0.237. The quantitative estimate of drug-likeness (QED) is 0.927. The van der Waals surface area contributed by atoms with Crippen LogP contribution in [0.4, 0.5) is 5.95 Å². The van der Waals surface area contributed by atoms with Crippen LogP contribution in [0.15, 0.2) is 23.0 Å². The van der Waals surface area contributed by atoms with Gasteiger partial charge in [0.1, 0.15) is 0 Å². The predicted octanol–water partition coefficient (Wildman–Crippen LogP) is 2.02. The molecule has 0 aliphatic carbocycles. The van der Waals surface area contributed by atoms with E-state index in [1.807, 2.05) is 19.1 Å². The number of pyridine rings is 1. The molecule has 1 fully saturated rings. The lowest BCUT2D eigenvalue weighted by atomic mass is 10.1. The Balaban J connectivity index is 1.54. The fraction of sp³-hybridized carbons (Fsp3) is 0.526. The number of piperidine rings is 1. The lowest BCUT2D eigenvalue weighted by Gasteiger charge is -2.30. The number of H-pyrrole nitrogens is 1. The summed E-state index contributed by atoms with van der Waals surface area (Å²) >= 11 is 0. The molecule has 25 heavy (non-hydrogen) atoms. The van der Waals surface area contributed by atoms with Crippen LogP contribution in [0, 0.1) is 6.92 Å². The molecular weight excluding hydrogens is 314 g/mol. The molecule has 2 aromatic heterocycles. The van der Waals surface area contributed by atoms with Gasteiger partial charge >= 0.3 is 0 Å². The molecule has 0 spiro atoms. The molecule has 0 amide bonds. The van der Waals surface area contributed by atoms with Crippen LogP contribution < -0.4 is 10.5 Å². The monoisotopic (exact) mass is 339 g/mol. The van der Waals surface area contributed by atoms with E-state index in [2.05, 4.69) is 25.8 Å². The molecule has 0 saturated carbocycles. The van der Waals surface area contributed by atoms with Crippen molar-refractivity contribution in [3.05, 3.63) is 51.2 Å². The van der Waals surface area contributed by atoms with Gasteiger partial charge in [0.2, 0.25) is 5.95 Å². The predicted molar refractivity (Wildman–Crippen MR) is 97.7 cm³/mol. The molecule has 0 bridgehead atoms. The number of hydrogen-bond donors (Lipinski definition) is 1. The minimum absolute atomic E-state index is 0.0407. The number of aromatic nitrogens is 3. The molecule has 0 radical (unpaired) electrons. The van der Waals surface area contributed by atoms with Crippen molar-refractivity contribution in [1.29, 1.82) is 0 Å². The molecular formula is C19H25N5O. The van der Waals surface area contributed by atoms with E-state index in [0.29, 0.717) is 0 Å². The van der Waals surface area contributed by atoms with Gasteiger partial charge in [-0.2, -0.15) is 0 Å². The number of rotatable bonds is 3. The van der Waals surface area contributed by atoms with Gasteiger partial charge in [0.15, 0.2) is 0 Å². The molecule has 2 aliphatic rings. The highest BCUT2D eigenvalue weighted by Crippen LogP contribution is 2.20. The van der Waals surface area contributed by atoms with E-state index in [0.717, 1.165) is 67.7 Å². The molecule has 4 heterocycles. The minimum Gasteiger partial charge on any atom is -0.342 e. The second-order valence-electron chi connectivity index (χ2n) is 7.09. The van der Waals surface area contributed by atoms with Gasteiger partial charge in [-0.1, -0.05) is 6.07 Å². The van der Waals surface area contributed by atoms with E-state index >= 15 is 0 Å². The largest absolute Gasteiger partial charge is 0.342 e. The maximum atomic E-state index is 12.5. The van der Waals surface area contributed by atoms with Gasteiger partial charge in [0.25, 0.3) is 5.56 Å². The first-order valence-corrected chi connectivity index (χ1v) is 9.21. The maximum absolute atomic E-state index is 12.5. The van der Waals surface area contributed by atoms with Crippen molar-refractivity contribution < 1.29 is 0 Å². The van der Waals surface area contributed by atoms with Crippen molar-refractivity contribution >= 4 is 5.95 Å². The van der Waals surface area contributed by atoms with E-state index in [1.54, 1.807) is 0 Å². The normalized spacial score (nSPS) is 18.2. The van der Waals surface area contributed by atoms with Crippen molar-refractivity contribution in [3.63, 3.8) is 0 Å². The van der Waals surface area contributed by atoms with Gasteiger partial charge < -0.3 is 4.90 Å². The third-order valence-corrected chi connectivity index (χ3v) is 5.13. The van der Waals surface area contributed by atoms with Gasteiger partial charge in [-0.25, -0.2) is 4.98 Å². The van der Waals surface area contributed by atoms with Crippen LogP contribution >= 0.6 is 0 Å². The Hall–Kier alpha value is -2.21. The zero-order chi connectivity index (χ0) is 17.2. The van der Waals surface area contributed by atoms with Crippen LogP contribution in [0.2, 0.25) is 0 Å². The maximum Gasteiger partial charge on any atom is 0.255 e. The van der Waals surface area contributed by atoms with Crippen LogP contribution in [0.5, 0.6) is 0 Å². The van der Waals surface area contributed by atoms with E-state index in [1.165, 1.54) is 19.3 Å². The fourth-order valence-electron chi connectivity index (χ4n) is 3.79. The van der Waals surface area contributed by atoms with Crippen LogP contribution in [-0.2, 0) is 19.5 Å². The van der Waals surface area contributed by atoms with E-state index in [-0.39, 0.29) is 5.56 Å². The Kier molecular flexibility index (Phi) is 4.53. The minimum atomic E-state index is 0.0407. The molecule has 6 nitrogen and oxygen atoms in total. The zero-order valence-corrected chi connectivity index (χ0v) is 14.8. The first-order chi connectivity index (χ1) is 12.2. The fourth-order valence-corrected chi connectivity index (χ4v) is 3.79. The first-order valence-electron chi connectivity index (χ1n) is 9.21. The summed E-state index contributed by atoms with van der Waals surface area (Å²) in [7, 11) is 0. The summed E-state index contributed by atoms with van der Waals surface area (Å²) < 4.78 is 0. The average molecular weight is 339 g/mol. The van der Waals surface area contributed by atoms with Crippen LogP contribution in [0.1, 0.15) is 41.9 Å². The summed E-state index contributed by atoms with van der Waals surface area (Å²) in [5.74, 6) is 0.749. The highest BCUT2D eigenvalue weighted by atomic mass is 16.1. The zero-order valence-electron chi connectivity index (χ0n) is 14.8. The number of nitrogens with one attached hydrogen (secondary N) is 1. The van der Waals surface area contributed by atoms with Gasteiger partial charge in [0.05, 0.1) is 11.4 Å². The standard InChI is InChI=1S/C19H25N5O/c1-14-6-5-7-15(20-14)12-23-11-8-16-17(13-23)21-19(22-18(16)25)24-9-3-2-4-10-24/h5-7H,2-4,8-13H2,1H3,(H,21,22,25). The Bertz CT molecular complexity index is 810. The third-order valence-electron chi connectivity index (χ3n) is 5.13. The number of aryl methyl sites for hydroxylation is 1. The number of aromatic amines is 1. The summed E-state index contributed by atoms with van der Waals surface area (Å²) in [6.45, 7) is 6.37. The van der Waals surface area contributed by atoms with Crippen molar-refractivity contribution in [3.8, 4) is 0 Å². The molecule has 2 aromatic rings. The van der Waals surface area contributed by atoms with Gasteiger partial charge in [0, 0.05) is 44.0 Å². The van der Waals surface area contributed by atoms with E-state index < -0.39 is 0 Å². The molecule has 0 unspecified atom stereocenters. The van der Waals surface area contributed by atoms with E-state index in [4.69, 9.17) is 4.98 Å². The van der Waals surface area contributed by atoms with Crippen molar-refractivity contribution in [2.45, 2.75) is 45.7 Å². The Morgan fingerprint density at radius 2 is 1.96 bits per heavy atom. The highest BCUT2D eigenvalue weighted by molar-refractivity contribution is 5.34. The molecule has 0 aromatic carbocycles. The van der Waals surface area contributed by atoms with Crippen molar-refractivity contribution in [1.82, 2.24) is 19.9 Å².